The maximum atomic E-state index is 5.64. The molecule has 4 heteroatoms. The molecule has 1 rings (SSSR count). The lowest BCUT2D eigenvalue weighted by atomic mass is 10.1. The highest BCUT2D eigenvalue weighted by molar-refractivity contribution is 4.77. The summed E-state index contributed by atoms with van der Waals surface area (Å²) in [5.74, 6) is 0. The number of piperidine rings is 1. The summed E-state index contributed by atoms with van der Waals surface area (Å²) in [4.78, 5) is 4.68. The Morgan fingerprint density at radius 2 is 2.18 bits per heavy atom. The van der Waals surface area contributed by atoms with Gasteiger partial charge in [-0.25, -0.2) is 0 Å². The van der Waals surface area contributed by atoms with Crippen LogP contribution < -0.4 is 5.32 Å². The van der Waals surface area contributed by atoms with Crippen LogP contribution in [0.1, 0.15) is 19.8 Å². The Morgan fingerprint density at radius 1 is 1.35 bits per heavy atom. The van der Waals surface area contributed by atoms with Gasteiger partial charge in [0, 0.05) is 25.7 Å². The predicted molar refractivity (Wildman–Crippen MR) is 72.5 cm³/mol. The summed E-state index contributed by atoms with van der Waals surface area (Å²) in [6, 6.07) is 0.690. The van der Waals surface area contributed by atoms with Crippen molar-refractivity contribution >= 4 is 0 Å². The minimum atomic E-state index is 0.690. The highest BCUT2D eigenvalue weighted by atomic mass is 16.5. The van der Waals surface area contributed by atoms with Crippen LogP contribution in [-0.4, -0.2) is 75.9 Å². The molecule has 0 aromatic carbocycles. The van der Waals surface area contributed by atoms with Crippen molar-refractivity contribution in [1.29, 1.82) is 0 Å². The Bertz CT molecular complexity index is 186. The lowest BCUT2D eigenvalue weighted by molar-refractivity contribution is 0.0812. The zero-order valence-electron chi connectivity index (χ0n) is 11.7. The summed E-state index contributed by atoms with van der Waals surface area (Å²) in [5, 5.41) is 3.54. The molecule has 1 atom stereocenters. The van der Waals surface area contributed by atoms with Crippen LogP contribution in [0.5, 0.6) is 0 Å². The topological polar surface area (TPSA) is 27.7 Å². The standard InChI is InChI=1S/C13H29N3O/c1-4-14-13-6-5-7-16(12-13)9-11-17-10-8-15(2)3/h13-14H,4-12H2,1-3H3. The van der Waals surface area contributed by atoms with Gasteiger partial charge in [-0.05, 0) is 40.0 Å². The highest BCUT2D eigenvalue weighted by Crippen LogP contribution is 2.09. The van der Waals surface area contributed by atoms with Crippen LogP contribution in [0.2, 0.25) is 0 Å². The van der Waals surface area contributed by atoms with E-state index < -0.39 is 0 Å². The second kappa shape index (κ2) is 8.86. The highest BCUT2D eigenvalue weighted by Gasteiger charge is 2.18. The summed E-state index contributed by atoms with van der Waals surface area (Å²) in [6.45, 7) is 9.49. The molecule has 0 amide bonds. The smallest absolute Gasteiger partial charge is 0.0594 e. The van der Waals surface area contributed by atoms with E-state index in [9.17, 15) is 0 Å². The molecule has 0 aliphatic carbocycles. The first-order valence-corrected chi connectivity index (χ1v) is 6.90. The van der Waals surface area contributed by atoms with Gasteiger partial charge in [-0.3, -0.25) is 4.90 Å². The maximum Gasteiger partial charge on any atom is 0.0594 e. The third-order valence-electron chi connectivity index (χ3n) is 3.23. The largest absolute Gasteiger partial charge is 0.379 e. The van der Waals surface area contributed by atoms with Crippen LogP contribution in [0.15, 0.2) is 0 Å². The number of nitrogens with one attached hydrogen (secondary N) is 1. The van der Waals surface area contributed by atoms with Crippen molar-refractivity contribution in [2.24, 2.45) is 0 Å². The SMILES string of the molecule is CCNC1CCCN(CCOCCN(C)C)C1. The molecular weight excluding hydrogens is 214 g/mol. The average Bonchev–Trinajstić information content (AvgIpc) is 2.29. The molecule has 1 fully saturated rings. The first kappa shape index (κ1) is 14.9. The fraction of sp³-hybridized carbons (Fsp3) is 1.00. The molecule has 0 aromatic heterocycles. The normalized spacial score (nSPS) is 22.2. The number of likely N-dealkylation sites (N-methyl/N-ethyl adjacent to an activating group) is 2. The number of ether oxygens (including phenoxy) is 1. The van der Waals surface area contributed by atoms with Gasteiger partial charge >= 0.3 is 0 Å². The van der Waals surface area contributed by atoms with E-state index in [1.54, 1.807) is 0 Å². The molecule has 1 saturated heterocycles. The van der Waals surface area contributed by atoms with E-state index in [0.717, 1.165) is 32.8 Å². The van der Waals surface area contributed by atoms with Gasteiger partial charge in [-0.1, -0.05) is 6.92 Å². The van der Waals surface area contributed by atoms with Crippen molar-refractivity contribution in [2.75, 3.05) is 60.0 Å². The summed E-state index contributed by atoms with van der Waals surface area (Å²) in [7, 11) is 4.16. The Morgan fingerprint density at radius 3 is 2.88 bits per heavy atom. The third kappa shape index (κ3) is 6.99. The molecule has 1 aliphatic rings. The zero-order chi connectivity index (χ0) is 12.5. The van der Waals surface area contributed by atoms with Crippen LogP contribution in [0.25, 0.3) is 0 Å². The van der Waals surface area contributed by atoms with Gasteiger partial charge in [0.1, 0.15) is 0 Å². The van der Waals surface area contributed by atoms with Gasteiger partial charge in [-0.15, -0.1) is 0 Å². The van der Waals surface area contributed by atoms with E-state index in [0.29, 0.717) is 6.04 Å². The van der Waals surface area contributed by atoms with Gasteiger partial charge < -0.3 is 15.0 Å². The van der Waals surface area contributed by atoms with Crippen LogP contribution in [-0.2, 0) is 4.74 Å². The molecule has 102 valence electrons. The lowest BCUT2D eigenvalue weighted by Gasteiger charge is -2.33. The fourth-order valence-corrected chi connectivity index (χ4v) is 2.26. The van der Waals surface area contributed by atoms with Crippen LogP contribution in [0.4, 0.5) is 0 Å². The van der Waals surface area contributed by atoms with Crippen LogP contribution >= 0.6 is 0 Å². The molecule has 0 radical (unpaired) electrons. The van der Waals surface area contributed by atoms with Crippen molar-refractivity contribution < 1.29 is 4.74 Å². The Balaban J connectivity index is 2.02. The molecular formula is C13H29N3O. The number of hydrogen-bond donors (Lipinski definition) is 1. The monoisotopic (exact) mass is 243 g/mol. The summed E-state index contributed by atoms with van der Waals surface area (Å²) >= 11 is 0. The Kier molecular flexibility index (Phi) is 7.77. The number of likely N-dealkylation sites (tertiary alicyclic amines) is 1. The molecule has 0 saturated carbocycles. The minimum Gasteiger partial charge on any atom is -0.379 e. The molecule has 1 heterocycles. The average molecular weight is 243 g/mol. The van der Waals surface area contributed by atoms with Crippen molar-refractivity contribution in [2.45, 2.75) is 25.8 Å². The number of nitrogens with zero attached hydrogens (tertiary/aromatic N) is 2. The zero-order valence-corrected chi connectivity index (χ0v) is 11.7. The van der Waals surface area contributed by atoms with Crippen molar-refractivity contribution in [3.05, 3.63) is 0 Å². The first-order valence-electron chi connectivity index (χ1n) is 6.90. The number of rotatable bonds is 8. The Labute approximate surface area is 106 Å². The van der Waals surface area contributed by atoms with Gasteiger partial charge in [-0.2, -0.15) is 0 Å². The quantitative estimate of drug-likeness (QED) is 0.633. The predicted octanol–water partition coefficient (Wildman–Crippen LogP) is 0.639. The fourth-order valence-electron chi connectivity index (χ4n) is 2.26. The number of hydrogen-bond acceptors (Lipinski definition) is 4. The van der Waals surface area contributed by atoms with E-state index in [1.807, 2.05) is 0 Å². The summed E-state index contributed by atoms with van der Waals surface area (Å²) in [6.07, 6.45) is 2.64. The summed E-state index contributed by atoms with van der Waals surface area (Å²) < 4.78 is 5.64. The van der Waals surface area contributed by atoms with Gasteiger partial charge in [0.2, 0.25) is 0 Å². The molecule has 0 spiro atoms. The minimum absolute atomic E-state index is 0.690. The maximum absolute atomic E-state index is 5.64. The molecule has 1 N–H and O–H groups in total. The van der Waals surface area contributed by atoms with E-state index in [-0.39, 0.29) is 0 Å². The molecule has 0 bridgehead atoms. The van der Waals surface area contributed by atoms with E-state index in [4.69, 9.17) is 4.74 Å². The Hall–Kier alpha value is -0.160. The summed E-state index contributed by atoms with van der Waals surface area (Å²) in [5.41, 5.74) is 0. The molecule has 4 nitrogen and oxygen atoms in total. The van der Waals surface area contributed by atoms with E-state index >= 15 is 0 Å². The van der Waals surface area contributed by atoms with Crippen molar-refractivity contribution in [3.8, 4) is 0 Å². The lowest BCUT2D eigenvalue weighted by Crippen LogP contribution is -2.46. The van der Waals surface area contributed by atoms with Gasteiger partial charge in [0.25, 0.3) is 0 Å². The van der Waals surface area contributed by atoms with E-state index in [1.165, 1.54) is 25.9 Å². The molecule has 1 aliphatic heterocycles. The second-order valence-corrected chi connectivity index (χ2v) is 5.11. The molecule has 17 heavy (non-hydrogen) atoms. The van der Waals surface area contributed by atoms with E-state index in [2.05, 4.69) is 36.1 Å². The third-order valence-corrected chi connectivity index (χ3v) is 3.23. The molecule has 1 unspecified atom stereocenters. The second-order valence-electron chi connectivity index (χ2n) is 5.11. The van der Waals surface area contributed by atoms with Gasteiger partial charge in [0.05, 0.1) is 13.2 Å². The van der Waals surface area contributed by atoms with Crippen LogP contribution in [0.3, 0.4) is 0 Å². The first-order chi connectivity index (χ1) is 8.22. The molecule has 0 aromatic rings. The van der Waals surface area contributed by atoms with Crippen molar-refractivity contribution in [3.63, 3.8) is 0 Å². The van der Waals surface area contributed by atoms with Crippen molar-refractivity contribution in [1.82, 2.24) is 15.1 Å². The van der Waals surface area contributed by atoms with Gasteiger partial charge in [0.15, 0.2) is 0 Å². The van der Waals surface area contributed by atoms with Crippen LogP contribution in [0, 0.1) is 0 Å².